The van der Waals surface area contributed by atoms with Gasteiger partial charge in [0.15, 0.2) is 0 Å². The molecule has 0 spiro atoms. The molecule has 2 aromatic heterocycles. The molecule has 5 heteroatoms. The molecule has 108 valence electrons. The van der Waals surface area contributed by atoms with Crippen LogP contribution >= 0.6 is 0 Å². The summed E-state index contributed by atoms with van der Waals surface area (Å²) in [5, 5.41) is 8.68. The van der Waals surface area contributed by atoms with Gasteiger partial charge in [-0.05, 0) is 46.2 Å². The van der Waals surface area contributed by atoms with Gasteiger partial charge in [0.25, 0.3) is 0 Å². The van der Waals surface area contributed by atoms with Crippen LogP contribution in [0.5, 0.6) is 0 Å². The van der Waals surface area contributed by atoms with Crippen molar-refractivity contribution in [2.45, 2.75) is 52.7 Å². The lowest BCUT2D eigenvalue weighted by Gasteiger charge is -2.23. The summed E-state index contributed by atoms with van der Waals surface area (Å²) >= 11 is 0. The average Bonchev–Trinajstić information content (AvgIpc) is 3.05. The van der Waals surface area contributed by atoms with Crippen molar-refractivity contribution < 1.29 is 4.52 Å². The van der Waals surface area contributed by atoms with Crippen molar-refractivity contribution in [3.63, 3.8) is 0 Å². The molecule has 2 aromatic rings. The summed E-state index contributed by atoms with van der Waals surface area (Å²) in [7, 11) is 0. The van der Waals surface area contributed by atoms with Gasteiger partial charge >= 0.3 is 0 Å². The molecule has 0 bridgehead atoms. The van der Waals surface area contributed by atoms with Crippen molar-refractivity contribution in [1.29, 1.82) is 0 Å². The van der Waals surface area contributed by atoms with Crippen LogP contribution in [0.2, 0.25) is 0 Å². The summed E-state index contributed by atoms with van der Waals surface area (Å²) in [6, 6.07) is 4.71. The van der Waals surface area contributed by atoms with E-state index in [1.807, 2.05) is 19.9 Å². The molecule has 1 aliphatic heterocycles. The molecule has 0 saturated carbocycles. The van der Waals surface area contributed by atoms with Gasteiger partial charge in [0.05, 0.1) is 17.9 Å². The fraction of sp³-hybridized carbons (Fsp3) is 0.600. The highest BCUT2D eigenvalue weighted by Gasteiger charge is 2.26. The predicted molar refractivity (Wildman–Crippen MR) is 76.4 cm³/mol. The minimum atomic E-state index is 0.546. The van der Waals surface area contributed by atoms with Crippen LogP contribution < -0.4 is 0 Å². The van der Waals surface area contributed by atoms with E-state index in [0.29, 0.717) is 6.04 Å². The lowest BCUT2D eigenvalue weighted by atomic mass is 10.2. The predicted octanol–water partition coefficient (Wildman–Crippen LogP) is 2.46. The standard InChI is InChI=1S/C15H22N4O/c1-11-7-12(2)19(16-11)10-15-5-4-6-18(15)9-14-8-13(3)20-17-14/h7-8,15H,4-6,9-10H2,1-3H3. The monoisotopic (exact) mass is 274 g/mol. The smallest absolute Gasteiger partial charge is 0.133 e. The van der Waals surface area contributed by atoms with Crippen LogP contribution in [0.1, 0.15) is 35.7 Å². The molecule has 1 aliphatic rings. The third kappa shape index (κ3) is 2.77. The summed E-state index contributed by atoms with van der Waals surface area (Å²) in [4.78, 5) is 2.49. The Bertz CT molecular complexity index is 586. The maximum atomic E-state index is 5.16. The lowest BCUT2D eigenvalue weighted by molar-refractivity contribution is 0.212. The molecule has 20 heavy (non-hydrogen) atoms. The molecule has 1 saturated heterocycles. The van der Waals surface area contributed by atoms with Crippen molar-refractivity contribution in [3.05, 3.63) is 35.0 Å². The van der Waals surface area contributed by atoms with Crippen molar-refractivity contribution in [2.75, 3.05) is 6.54 Å². The highest BCUT2D eigenvalue weighted by molar-refractivity contribution is 5.07. The Balaban J connectivity index is 1.67. The van der Waals surface area contributed by atoms with Crippen LogP contribution in [0.15, 0.2) is 16.7 Å². The minimum Gasteiger partial charge on any atom is -0.361 e. The summed E-state index contributed by atoms with van der Waals surface area (Å²) in [5.41, 5.74) is 3.37. The van der Waals surface area contributed by atoms with E-state index in [0.717, 1.165) is 36.8 Å². The van der Waals surface area contributed by atoms with Gasteiger partial charge in [0, 0.05) is 24.3 Å². The molecule has 0 aliphatic carbocycles. The van der Waals surface area contributed by atoms with E-state index in [-0.39, 0.29) is 0 Å². The first-order chi connectivity index (χ1) is 9.61. The van der Waals surface area contributed by atoms with Gasteiger partial charge in [-0.2, -0.15) is 5.10 Å². The number of likely N-dealkylation sites (tertiary alicyclic amines) is 1. The normalized spacial score (nSPS) is 19.9. The second-order valence-electron chi connectivity index (χ2n) is 5.80. The van der Waals surface area contributed by atoms with E-state index in [2.05, 4.69) is 32.8 Å². The fourth-order valence-corrected chi connectivity index (χ4v) is 3.07. The second kappa shape index (κ2) is 5.40. The van der Waals surface area contributed by atoms with Crippen molar-refractivity contribution in [2.24, 2.45) is 0 Å². The molecule has 0 amide bonds. The number of nitrogens with zero attached hydrogens (tertiary/aromatic N) is 4. The van der Waals surface area contributed by atoms with Crippen molar-refractivity contribution in [3.8, 4) is 0 Å². The molecule has 1 atom stereocenters. The molecular weight excluding hydrogens is 252 g/mol. The molecule has 5 nitrogen and oxygen atoms in total. The zero-order chi connectivity index (χ0) is 14.1. The third-order valence-corrected chi connectivity index (χ3v) is 4.03. The van der Waals surface area contributed by atoms with Crippen LogP contribution in [0.25, 0.3) is 0 Å². The van der Waals surface area contributed by atoms with Crippen LogP contribution in [0.4, 0.5) is 0 Å². The number of hydrogen-bond donors (Lipinski definition) is 0. The Morgan fingerprint density at radius 3 is 2.80 bits per heavy atom. The van der Waals surface area contributed by atoms with Crippen LogP contribution in [0.3, 0.4) is 0 Å². The maximum Gasteiger partial charge on any atom is 0.133 e. The summed E-state index contributed by atoms with van der Waals surface area (Å²) in [6.45, 7) is 9.09. The number of rotatable bonds is 4. The van der Waals surface area contributed by atoms with E-state index in [4.69, 9.17) is 4.52 Å². The molecule has 0 N–H and O–H groups in total. The molecule has 3 heterocycles. The van der Waals surface area contributed by atoms with Crippen molar-refractivity contribution in [1.82, 2.24) is 19.8 Å². The van der Waals surface area contributed by atoms with E-state index in [9.17, 15) is 0 Å². The molecule has 0 radical (unpaired) electrons. The Labute approximate surface area is 119 Å². The van der Waals surface area contributed by atoms with Gasteiger partial charge in [0.1, 0.15) is 5.76 Å². The van der Waals surface area contributed by atoms with Gasteiger partial charge in [-0.1, -0.05) is 5.16 Å². The van der Waals surface area contributed by atoms with Crippen LogP contribution in [0, 0.1) is 20.8 Å². The zero-order valence-corrected chi connectivity index (χ0v) is 12.5. The number of hydrogen-bond acceptors (Lipinski definition) is 4. The van der Waals surface area contributed by atoms with Gasteiger partial charge in [-0.15, -0.1) is 0 Å². The topological polar surface area (TPSA) is 47.1 Å². The number of aromatic nitrogens is 3. The Morgan fingerprint density at radius 2 is 2.15 bits per heavy atom. The van der Waals surface area contributed by atoms with E-state index in [1.165, 1.54) is 18.5 Å². The summed E-state index contributed by atoms with van der Waals surface area (Å²) in [6.07, 6.45) is 2.48. The third-order valence-electron chi connectivity index (χ3n) is 4.03. The van der Waals surface area contributed by atoms with Crippen LogP contribution in [-0.2, 0) is 13.1 Å². The van der Waals surface area contributed by atoms with Crippen molar-refractivity contribution >= 4 is 0 Å². The van der Waals surface area contributed by atoms with E-state index < -0.39 is 0 Å². The first-order valence-electron chi connectivity index (χ1n) is 7.29. The summed E-state index contributed by atoms with van der Waals surface area (Å²) < 4.78 is 7.29. The molecule has 1 unspecified atom stereocenters. The molecular formula is C15H22N4O. The van der Waals surface area contributed by atoms with Gasteiger partial charge in [-0.25, -0.2) is 0 Å². The fourth-order valence-electron chi connectivity index (χ4n) is 3.07. The average molecular weight is 274 g/mol. The highest BCUT2D eigenvalue weighted by Crippen LogP contribution is 2.22. The first kappa shape index (κ1) is 13.4. The van der Waals surface area contributed by atoms with E-state index in [1.54, 1.807) is 0 Å². The maximum absolute atomic E-state index is 5.16. The largest absolute Gasteiger partial charge is 0.361 e. The zero-order valence-electron chi connectivity index (χ0n) is 12.5. The lowest BCUT2D eigenvalue weighted by Crippen LogP contribution is -2.33. The SMILES string of the molecule is Cc1cc(C)n(CC2CCCN2Cc2cc(C)on2)n1. The molecule has 3 rings (SSSR count). The Hall–Kier alpha value is -1.62. The Morgan fingerprint density at radius 1 is 1.30 bits per heavy atom. The van der Waals surface area contributed by atoms with Gasteiger partial charge < -0.3 is 4.52 Å². The van der Waals surface area contributed by atoms with Gasteiger partial charge in [0.2, 0.25) is 0 Å². The quantitative estimate of drug-likeness (QED) is 0.859. The van der Waals surface area contributed by atoms with Crippen LogP contribution in [-0.4, -0.2) is 32.4 Å². The van der Waals surface area contributed by atoms with Gasteiger partial charge in [-0.3, -0.25) is 9.58 Å². The first-order valence-corrected chi connectivity index (χ1v) is 7.29. The molecule has 1 fully saturated rings. The van der Waals surface area contributed by atoms with E-state index >= 15 is 0 Å². The Kier molecular flexibility index (Phi) is 3.61. The highest BCUT2D eigenvalue weighted by atomic mass is 16.5. The summed E-state index contributed by atoms with van der Waals surface area (Å²) in [5.74, 6) is 0.884. The molecule has 0 aromatic carbocycles. The number of aryl methyl sites for hydroxylation is 3. The second-order valence-corrected chi connectivity index (χ2v) is 5.80. The minimum absolute atomic E-state index is 0.546.